The molecule has 2 N–H and O–H groups in total. The van der Waals surface area contributed by atoms with E-state index in [1.54, 1.807) is 4.90 Å². The summed E-state index contributed by atoms with van der Waals surface area (Å²) in [7, 11) is 0.596. The molecule has 9 nitrogen and oxygen atoms in total. The van der Waals surface area contributed by atoms with E-state index in [2.05, 4.69) is 20.8 Å². The highest BCUT2D eigenvalue weighted by atomic mass is 28.4. The van der Waals surface area contributed by atoms with E-state index in [0.717, 1.165) is 24.8 Å². The maximum Gasteiger partial charge on any atom is 0.410 e. The topological polar surface area (TPSA) is 107 Å². The zero-order valence-electron chi connectivity index (χ0n) is 27.0. The predicted molar refractivity (Wildman–Crippen MR) is 161 cm³/mol. The molecular formula is C30H59NO8Si. The summed E-state index contributed by atoms with van der Waals surface area (Å²) in [5.41, 5.74) is 0.0825. The highest BCUT2D eigenvalue weighted by Crippen LogP contribution is 2.42. The van der Waals surface area contributed by atoms with Gasteiger partial charge in [-0.25, -0.2) is 4.79 Å². The van der Waals surface area contributed by atoms with E-state index >= 15 is 0 Å². The number of nitrogens with zero attached hydrogens (tertiary/aromatic N) is 1. The Labute approximate surface area is 244 Å². The van der Waals surface area contributed by atoms with Gasteiger partial charge in [-0.2, -0.15) is 0 Å². The van der Waals surface area contributed by atoms with Crippen LogP contribution in [0.3, 0.4) is 0 Å². The molecule has 0 saturated heterocycles. The Hall–Kier alpha value is -1.01. The zero-order valence-corrected chi connectivity index (χ0v) is 28.0. The van der Waals surface area contributed by atoms with Gasteiger partial charge < -0.3 is 33.6 Å². The van der Waals surface area contributed by atoms with Crippen LogP contribution in [0.15, 0.2) is 11.6 Å². The van der Waals surface area contributed by atoms with Gasteiger partial charge in [-0.3, -0.25) is 4.90 Å². The first-order valence-corrected chi connectivity index (χ1v) is 17.9. The fraction of sp³-hybridized carbons (Fsp3) is 0.900. The summed E-state index contributed by atoms with van der Waals surface area (Å²) in [4.78, 5) is 26.2. The minimum absolute atomic E-state index is 0.0274. The number of methoxy groups -OCH3 is 2. The first kappa shape index (κ1) is 37.0. The Kier molecular flexibility index (Phi) is 15.9. The molecular weight excluding hydrogens is 530 g/mol. The van der Waals surface area contributed by atoms with Gasteiger partial charge in [-0.1, -0.05) is 59.0 Å². The van der Waals surface area contributed by atoms with Gasteiger partial charge >= 0.3 is 6.09 Å². The molecule has 0 heterocycles. The van der Waals surface area contributed by atoms with Crippen LogP contribution in [0.25, 0.3) is 0 Å². The quantitative estimate of drug-likeness (QED) is 0.0869. The molecule has 0 aromatic rings. The summed E-state index contributed by atoms with van der Waals surface area (Å²) in [5.74, 6) is 0. The van der Waals surface area contributed by atoms with E-state index < -0.39 is 44.4 Å². The minimum Gasteiger partial charge on any atom is -0.444 e. The molecule has 1 amide bonds. The van der Waals surface area contributed by atoms with E-state index in [0.29, 0.717) is 19.4 Å². The Bertz CT molecular complexity index is 762. The average molecular weight is 590 g/mol. The van der Waals surface area contributed by atoms with Crippen molar-refractivity contribution in [1.29, 1.82) is 0 Å². The van der Waals surface area contributed by atoms with E-state index in [1.807, 2.05) is 39.9 Å². The van der Waals surface area contributed by atoms with Gasteiger partial charge in [0.1, 0.15) is 37.5 Å². The number of carbonyl (C=O) groups excluding carboxylic acids is 1. The van der Waals surface area contributed by atoms with Gasteiger partial charge in [0, 0.05) is 20.8 Å². The average Bonchev–Trinajstić information content (AvgIpc) is 2.84. The molecule has 236 valence electrons. The van der Waals surface area contributed by atoms with E-state index in [-0.39, 0.29) is 18.6 Å². The van der Waals surface area contributed by atoms with Gasteiger partial charge in [-0.15, -0.1) is 0 Å². The number of unbranched alkanes of at least 4 members (excludes halogenated alkanes) is 5. The summed E-state index contributed by atoms with van der Waals surface area (Å²) >= 11 is 0. The molecule has 1 aliphatic carbocycles. The van der Waals surface area contributed by atoms with E-state index in [4.69, 9.17) is 23.7 Å². The highest BCUT2D eigenvalue weighted by molar-refractivity contribution is 6.72. The van der Waals surface area contributed by atoms with Crippen LogP contribution >= 0.6 is 0 Å². The van der Waals surface area contributed by atoms with Crippen LogP contribution < -0.4 is 0 Å². The first-order chi connectivity index (χ1) is 18.6. The lowest BCUT2D eigenvalue weighted by Gasteiger charge is -2.44. The molecule has 0 bridgehead atoms. The van der Waals surface area contributed by atoms with Crippen LogP contribution in [0.2, 0.25) is 18.1 Å². The number of ether oxygens (including phenoxy) is 5. The Morgan fingerprint density at radius 1 is 0.950 bits per heavy atom. The van der Waals surface area contributed by atoms with Crippen molar-refractivity contribution < 1.29 is 38.4 Å². The summed E-state index contributed by atoms with van der Waals surface area (Å²) < 4.78 is 28.4. The van der Waals surface area contributed by atoms with Gasteiger partial charge in [0.05, 0.1) is 6.04 Å². The van der Waals surface area contributed by atoms with Crippen molar-refractivity contribution in [3.8, 4) is 0 Å². The molecule has 0 radical (unpaired) electrons. The number of hydrogen-bond acceptors (Lipinski definition) is 8. The van der Waals surface area contributed by atoms with E-state index in [1.165, 1.54) is 33.5 Å². The molecule has 0 aliphatic heterocycles. The largest absolute Gasteiger partial charge is 0.444 e. The standard InChI is InChI=1S/C30H59NO8Si/c1-11-12-13-14-15-16-19-31(28(33)39-29(2,3)4)24-20-23(17-18-30(5,6)40(9,10)34)25(32)27(38-22-36-8)26(24)37-21-35-7/h20,24-27,32,34H,11-19,21-22H2,1-10H3/t24-,25+,26?,27?/m1/s1. The smallest absolute Gasteiger partial charge is 0.410 e. The van der Waals surface area contributed by atoms with Gasteiger partial charge in [-0.05, 0) is 63.7 Å². The third kappa shape index (κ3) is 12.1. The molecule has 4 atom stereocenters. The second-order valence-electron chi connectivity index (χ2n) is 13.1. The molecule has 40 heavy (non-hydrogen) atoms. The van der Waals surface area contributed by atoms with E-state index in [9.17, 15) is 14.7 Å². The monoisotopic (exact) mass is 589 g/mol. The number of hydrogen-bond donors (Lipinski definition) is 2. The fourth-order valence-corrected chi connectivity index (χ4v) is 5.41. The first-order valence-electron chi connectivity index (χ1n) is 14.9. The molecule has 0 saturated carbocycles. The number of amides is 1. The summed E-state index contributed by atoms with van der Waals surface area (Å²) in [6.45, 7) is 16.2. The number of aliphatic hydroxyl groups is 1. The third-order valence-corrected chi connectivity index (χ3v) is 11.5. The Morgan fingerprint density at radius 2 is 1.50 bits per heavy atom. The zero-order chi connectivity index (χ0) is 30.6. The normalized spacial score (nSPS) is 22.2. The lowest BCUT2D eigenvalue weighted by molar-refractivity contribution is -0.195. The van der Waals surface area contributed by atoms with Crippen molar-refractivity contribution in [2.75, 3.05) is 34.4 Å². The second kappa shape index (κ2) is 17.2. The molecule has 0 spiro atoms. The molecule has 0 fully saturated rings. The van der Waals surface area contributed by atoms with Crippen molar-refractivity contribution in [2.24, 2.45) is 0 Å². The van der Waals surface area contributed by atoms with Crippen molar-refractivity contribution >= 4 is 14.4 Å². The van der Waals surface area contributed by atoms with Crippen molar-refractivity contribution in [3.05, 3.63) is 11.6 Å². The van der Waals surface area contributed by atoms with Crippen molar-refractivity contribution in [1.82, 2.24) is 4.90 Å². The van der Waals surface area contributed by atoms with Crippen LogP contribution in [0.4, 0.5) is 4.79 Å². The molecule has 0 aromatic carbocycles. The van der Waals surface area contributed by atoms with Crippen LogP contribution in [-0.4, -0.2) is 93.5 Å². The SMILES string of the molecule is CCCCCCCCN(C(=O)OC(C)(C)C)[C@@H]1C=C(CCC(C)(C)[Si](C)(C)O)[C@H](O)C(OCOC)C1OCOC. The lowest BCUT2D eigenvalue weighted by atomic mass is 9.83. The molecule has 1 rings (SSSR count). The van der Waals surface area contributed by atoms with Crippen molar-refractivity contribution in [2.45, 2.75) is 141 Å². The van der Waals surface area contributed by atoms with Crippen LogP contribution in [-0.2, 0) is 23.7 Å². The Morgan fingerprint density at radius 3 is 2.02 bits per heavy atom. The fourth-order valence-electron chi connectivity index (χ4n) is 4.68. The predicted octanol–water partition coefficient (Wildman–Crippen LogP) is 5.99. The lowest BCUT2D eigenvalue weighted by Crippen LogP contribution is -2.59. The second-order valence-corrected chi connectivity index (χ2v) is 17.6. The van der Waals surface area contributed by atoms with Crippen molar-refractivity contribution in [3.63, 3.8) is 0 Å². The maximum atomic E-state index is 13.6. The number of carbonyl (C=O) groups is 1. The summed E-state index contributed by atoms with van der Waals surface area (Å²) in [6.07, 6.45) is 6.76. The van der Waals surface area contributed by atoms with Crippen LogP contribution in [0, 0.1) is 0 Å². The van der Waals surface area contributed by atoms with Gasteiger partial charge in [0.25, 0.3) is 0 Å². The molecule has 2 unspecified atom stereocenters. The molecule has 0 aromatic heterocycles. The third-order valence-electron chi connectivity index (χ3n) is 7.93. The van der Waals surface area contributed by atoms with Crippen LogP contribution in [0.1, 0.15) is 92.9 Å². The van der Waals surface area contributed by atoms with Gasteiger partial charge in [0.2, 0.25) is 0 Å². The number of rotatable bonds is 18. The summed E-state index contributed by atoms with van der Waals surface area (Å²) in [5, 5.41) is 11.2. The highest BCUT2D eigenvalue weighted by Gasteiger charge is 2.46. The maximum absolute atomic E-state index is 13.6. The Balaban J connectivity index is 3.47. The molecule has 1 aliphatic rings. The number of aliphatic hydroxyl groups excluding tert-OH is 1. The van der Waals surface area contributed by atoms with Crippen LogP contribution in [0.5, 0.6) is 0 Å². The minimum atomic E-state index is -2.46. The molecule has 10 heteroatoms. The van der Waals surface area contributed by atoms with Gasteiger partial charge in [0.15, 0.2) is 8.32 Å². The summed E-state index contributed by atoms with van der Waals surface area (Å²) in [6, 6.07) is -0.552.